The number of hydrazone groups is 1. The molecule has 0 unspecified atom stereocenters. The minimum atomic E-state index is -0.841. The summed E-state index contributed by atoms with van der Waals surface area (Å²) in [5.74, 6) is 0. The summed E-state index contributed by atoms with van der Waals surface area (Å²) in [5, 5.41) is 15.8. The zero-order valence-electron chi connectivity index (χ0n) is 10.7. The van der Waals surface area contributed by atoms with Crippen molar-refractivity contribution in [3.05, 3.63) is 58.1 Å². The van der Waals surface area contributed by atoms with Crippen molar-refractivity contribution in [1.29, 1.82) is 0 Å². The van der Waals surface area contributed by atoms with Gasteiger partial charge < -0.3 is 5.02 Å². The molecule has 1 heterocycles. The van der Waals surface area contributed by atoms with Crippen LogP contribution < -0.4 is 10.4 Å². The zero-order chi connectivity index (χ0) is 14.3. The summed E-state index contributed by atoms with van der Waals surface area (Å²) in [6, 6.07) is 12.8. The average Bonchev–Trinajstić information content (AvgIpc) is 2.46. The normalized spacial score (nSPS) is 14.1. The molecule has 3 rings (SSSR count). The van der Waals surface area contributed by atoms with E-state index >= 15 is 0 Å². The summed E-state index contributed by atoms with van der Waals surface area (Å²) in [5.41, 5.74) is 3.32. The van der Waals surface area contributed by atoms with Crippen LogP contribution in [-0.2, 0) is 0 Å². The van der Waals surface area contributed by atoms with Crippen molar-refractivity contribution in [1.82, 2.24) is 0 Å². The van der Waals surface area contributed by atoms with Gasteiger partial charge in [0.25, 0.3) is 0 Å². The third-order valence-electron chi connectivity index (χ3n) is 3.29. The molecule has 0 saturated heterocycles. The van der Waals surface area contributed by atoms with E-state index in [2.05, 4.69) is 5.10 Å². The molecule has 1 aliphatic heterocycles. The van der Waals surface area contributed by atoms with Gasteiger partial charge in [0.05, 0.1) is 15.8 Å². The monoisotopic (exact) mass is 304 g/mol. The van der Waals surface area contributed by atoms with Gasteiger partial charge in [-0.3, -0.25) is 4.92 Å². The van der Waals surface area contributed by atoms with Crippen molar-refractivity contribution < 1.29 is 5.02 Å². The van der Waals surface area contributed by atoms with Gasteiger partial charge in [-0.25, -0.2) is 0 Å². The van der Waals surface area contributed by atoms with Crippen LogP contribution >= 0.6 is 23.2 Å². The van der Waals surface area contributed by atoms with Gasteiger partial charge in [-0.2, -0.15) is 5.10 Å². The predicted molar refractivity (Wildman–Crippen MR) is 85.2 cm³/mol. The molecule has 100 valence electrons. The standard InChI is InChI=1S/C14H11BCl2N2O/c1-9-11-4-2-3-5-12(11)15(20)19(18-9)10-6-7-13(16)14(17)8-10/h2-8,20H,1H3. The Labute approximate surface area is 127 Å². The van der Waals surface area contributed by atoms with Crippen molar-refractivity contribution in [2.24, 2.45) is 5.10 Å². The molecule has 2 aromatic carbocycles. The summed E-state index contributed by atoms with van der Waals surface area (Å²) in [7, 11) is -0.841. The number of benzene rings is 2. The highest BCUT2D eigenvalue weighted by atomic mass is 35.5. The first-order valence-corrected chi connectivity index (χ1v) is 6.90. The van der Waals surface area contributed by atoms with E-state index in [1.807, 2.05) is 31.2 Å². The van der Waals surface area contributed by atoms with Gasteiger partial charge in [0.1, 0.15) is 0 Å². The van der Waals surface area contributed by atoms with E-state index in [0.717, 1.165) is 16.7 Å². The van der Waals surface area contributed by atoms with Crippen LogP contribution in [0.3, 0.4) is 0 Å². The first-order chi connectivity index (χ1) is 9.58. The number of nitrogens with zero attached hydrogens (tertiary/aromatic N) is 2. The fourth-order valence-electron chi connectivity index (χ4n) is 2.28. The van der Waals surface area contributed by atoms with Crippen molar-refractivity contribution in [3.8, 4) is 0 Å². The maximum Gasteiger partial charge on any atom is 0.471 e. The average molecular weight is 305 g/mol. The minimum Gasteiger partial charge on any atom is -0.427 e. The summed E-state index contributed by atoms with van der Waals surface area (Å²) in [4.78, 5) is 1.54. The third-order valence-corrected chi connectivity index (χ3v) is 4.02. The molecule has 0 bridgehead atoms. The lowest BCUT2D eigenvalue weighted by Gasteiger charge is -2.29. The van der Waals surface area contributed by atoms with E-state index in [4.69, 9.17) is 23.2 Å². The lowest BCUT2D eigenvalue weighted by atomic mass is 9.68. The number of halogens is 2. The van der Waals surface area contributed by atoms with Crippen LogP contribution in [-0.4, -0.2) is 17.8 Å². The molecule has 0 saturated carbocycles. The molecule has 1 aliphatic rings. The fraction of sp³-hybridized carbons (Fsp3) is 0.0714. The molecule has 3 nitrogen and oxygen atoms in total. The van der Waals surface area contributed by atoms with E-state index in [0.29, 0.717) is 15.7 Å². The second-order valence-corrected chi connectivity index (χ2v) is 5.40. The third kappa shape index (κ3) is 2.20. The smallest absolute Gasteiger partial charge is 0.427 e. The van der Waals surface area contributed by atoms with E-state index in [9.17, 15) is 5.02 Å². The number of hydrogen-bond acceptors (Lipinski definition) is 3. The van der Waals surface area contributed by atoms with Crippen LogP contribution in [0.2, 0.25) is 10.0 Å². The quantitative estimate of drug-likeness (QED) is 0.822. The van der Waals surface area contributed by atoms with E-state index in [1.54, 1.807) is 23.1 Å². The van der Waals surface area contributed by atoms with Gasteiger partial charge in [-0.1, -0.05) is 47.5 Å². The Kier molecular flexibility index (Phi) is 3.46. The Bertz CT molecular complexity index is 705. The van der Waals surface area contributed by atoms with Crippen LogP contribution in [0.1, 0.15) is 12.5 Å². The van der Waals surface area contributed by atoms with Crippen molar-refractivity contribution in [2.75, 3.05) is 4.92 Å². The SMILES string of the molecule is CC1=NN(c2ccc(Cl)c(Cl)c2)B(O)c2ccccc21. The molecule has 20 heavy (non-hydrogen) atoms. The molecule has 1 N–H and O–H groups in total. The largest absolute Gasteiger partial charge is 0.471 e. The minimum absolute atomic E-state index is 0.433. The first-order valence-electron chi connectivity index (χ1n) is 6.15. The van der Waals surface area contributed by atoms with Gasteiger partial charge >= 0.3 is 7.05 Å². The Morgan fingerprint density at radius 1 is 1.10 bits per heavy atom. The van der Waals surface area contributed by atoms with E-state index in [1.165, 1.54) is 0 Å². The molecule has 0 atom stereocenters. The summed E-state index contributed by atoms with van der Waals surface area (Å²) in [6.07, 6.45) is 0. The van der Waals surface area contributed by atoms with Crippen LogP contribution in [0.4, 0.5) is 5.69 Å². The molecular weight excluding hydrogens is 294 g/mol. The topological polar surface area (TPSA) is 35.8 Å². The summed E-state index contributed by atoms with van der Waals surface area (Å²) in [6.45, 7) is 1.91. The molecule has 2 aromatic rings. The van der Waals surface area contributed by atoms with Gasteiger partial charge in [0.2, 0.25) is 0 Å². The Morgan fingerprint density at radius 2 is 1.85 bits per heavy atom. The van der Waals surface area contributed by atoms with Crippen molar-refractivity contribution in [2.45, 2.75) is 6.92 Å². The van der Waals surface area contributed by atoms with Crippen LogP contribution in [0.25, 0.3) is 0 Å². The maximum absolute atomic E-state index is 10.5. The van der Waals surface area contributed by atoms with Crippen molar-refractivity contribution >= 4 is 47.1 Å². The number of rotatable bonds is 1. The van der Waals surface area contributed by atoms with Crippen LogP contribution in [0.5, 0.6) is 0 Å². The fourth-order valence-corrected chi connectivity index (χ4v) is 2.57. The maximum atomic E-state index is 10.5. The highest BCUT2D eigenvalue weighted by molar-refractivity contribution is 6.72. The second-order valence-electron chi connectivity index (χ2n) is 4.59. The molecule has 0 aromatic heterocycles. The molecule has 0 amide bonds. The van der Waals surface area contributed by atoms with E-state index < -0.39 is 7.05 Å². The zero-order valence-corrected chi connectivity index (χ0v) is 12.2. The number of fused-ring (bicyclic) bond motifs is 1. The van der Waals surface area contributed by atoms with Gasteiger partial charge in [0, 0.05) is 5.69 Å². The Morgan fingerprint density at radius 3 is 2.60 bits per heavy atom. The van der Waals surface area contributed by atoms with Gasteiger partial charge in [0.15, 0.2) is 0 Å². The first kappa shape index (κ1) is 13.5. The molecule has 0 spiro atoms. The van der Waals surface area contributed by atoms with Crippen LogP contribution in [0, 0.1) is 0 Å². The molecular formula is C14H11BCl2N2O. The van der Waals surface area contributed by atoms with Gasteiger partial charge in [-0.05, 0) is 36.1 Å². The molecule has 0 fully saturated rings. The number of hydrogen-bond donors (Lipinski definition) is 1. The highest BCUT2D eigenvalue weighted by Gasteiger charge is 2.32. The lowest BCUT2D eigenvalue weighted by molar-refractivity contribution is 0.578. The molecule has 6 heteroatoms. The number of anilines is 1. The molecule has 0 radical (unpaired) electrons. The summed E-state index contributed by atoms with van der Waals surface area (Å²) >= 11 is 11.9. The van der Waals surface area contributed by atoms with E-state index in [-0.39, 0.29) is 0 Å². The Balaban J connectivity index is 2.08. The predicted octanol–water partition coefficient (Wildman–Crippen LogP) is 2.93. The Hall–Kier alpha value is -1.49. The summed E-state index contributed by atoms with van der Waals surface area (Å²) < 4.78 is 0. The van der Waals surface area contributed by atoms with Gasteiger partial charge in [-0.15, -0.1) is 0 Å². The lowest BCUT2D eigenvalue weighted by Crippen LogP contribution is -2.51. The molecule has 0 aliphatic carbocycles. The van der Waals surface area contributed by atoms with Crippen molar-refractivity contribution in [3.63, 3.8) is 0 Å². The highest BCUT2D eigenvalue weighted by Crippen LogP contribution is 2.28. The second kappa shape index (κ2) is 5.13. The van der Waals surface area contributed by atoms with Crippen LogP contribution in [0.15, 0.2) is 47.6 Å².